The molecule has 4 nitrogen and oxygen atoms in total. The van der Waals surface area contributed by atoms with Gasteiger partial charge in [0.15, 0.2) is 0 Å². The van der Waals surface area contributed by atoms with Crippen molar-refractivity contribution in [1.29, 1.82) is 5.26 Å². The lowest BCUT2D eigenvalue weighted by molar-refractivity contribution is 0.369. The van der Waals surface area contributed by atoms with Crippen LogP contribution < -0.4 is 10.6 Å². The van der Waals surface area contributed by atoms with Gasteiger partial charge in [0.1, 0.15) is 16.6 Å². The van der Waals surface area contributed by atoms with Crippen LogP contribution in [0.25, 0.3) is 0 Å². The van der Waals surface area contributed by atoms with E-state index in [1.54, 1.807) is 0 Å². The van der Waals surface area contributed by atoms with Crippen molar-refractivity contribution >= 4 is 22.9 Å². The molecule has 1 aromatic rings. The van der Waals surface area contributed by atoms with Gasteiger partial charge in [-0.2, -0.15) is 5.26 Å². The van der Waals surface area contributed by atoms with Gasteiger partial charge in [0.05, 0.1) is 0 Å². The van der Waals surface area contributed by atoms with Gasteiger partial charge in [-0.25, -0.2) is 0 Å². The monoisotopic (exact) mass is 300 g/mol. The molecular formula is C16H20N4S. The Labute approximate surface area is 131 Å². The zero-order valence-electron chi connectivity index (χ0n) is 12.2. The number of rotatable bonds is 3. The number of nitriles is 1. The van der Waals surface area contributed by atoms with Crippen molar-refractivity contribution in [3.05, 3.63) is 41.6 Å². The summed E-state index contributed by atoms with van der Waals surface area (Å²) in [7, 11) is 0. The molecule has 0 radical (unpaired) electrons. The molecule has 1 fully saturated rings. The molecule has 0 unspecified atom stereocenters. The van der Waals surface area contributed by atoms with Gasteiger partial charge in [0, 0.05) is 37.6 Å². The molecule has 21 heavy (non-hydrogen) atoms. The minimum Gasteiger partial charge on any atom is -0.389 e. The average molecular weight is 300 g/mol. The Kier molecular flexibility index (Phi) is 5.18. The first-order valence-electron chi connectivity index (χ1n) is 7.09. The molecule has 2 rings (SSSR count). The van der Waals surface area contributed by atoms with Crippen molar-refractivity contribution in [3.8, 4) is 6.07 Å². The quantitative estimate of drug-likeness (QED) is 0.527. The van der Waals surface area contributed by atoms with E-state index in [1.807, 2.05) is 13.0 Å². The lowest BCUT2D eigenvalue weighted by atomic mass is 10.2. The van der Waals surface area contributed by atoms with Gasteiger partial charge < -0.3 is 15.5 Å². The second kappa shape index (κ2) is 7.09. The fourth-order valence-electron chi connectivity index (χ4n) is 2.62. The van der Waals surface area contributed by atoms with Crippen LogP contribution in [0.5, 0.6) is 0 Å². The van der Waals surface area contributed by atoms with Crippen LogP contribution in [-0.4, -0.2) is 36.1 Å². The standard InChI is InChI=1S/C16H20N4S/c1-13(15(12-17)16(18)21)19-8-5-9-20(11-10-19)14-6-3-2-4-7-14/h2-4,6-7H,5,8-11H2,1H3,(H2,18,21)/b15-13-. The molecule has 0 spiro atoms. The van der Waals surface area contributed by atoms with E-state index in [1.165, 1.54) is 5.69 Å². The van der Waals surface area contributed by atoms with Crippen LogP contribution >= 0.6 is 12.2 Å². The summed E-state index contributed by atoms with van der Waals surface area (Å²) in [5.74, 6) is 0. The lowest BCUT2D eigenvalue weighted by Crippen LogP contribution is -2.31. The van der Waals surface area contributed by atoms with E-state index in [0.29, 0.717) is 5.57 Å². The Hall–Kier alpha value is -2.06. The third kappa shape index (κ3) is 3.73. The molecule has 0 atom stereocenters. The molecule has 1 aliphatic rings. The molecule has 1 saturated heterocycles. The fraction of sp³-hybridized carbons (Fsp3) is 0.375. The number of anilines is 1. The first-order valence-corrected chi connectivity index (χ1v) is 7.50. The predicted molar refractivity (Wildman–Crippen MR) is 89.9 cm³/mol. The second-order valence-corrected chi connectivity index (χ2v) is 5.54. The van der Waals surface area contributed by atoms with Crippen LogP contribution in [0.1, 0.15) is 13.3 Å². The maximum absolute atomic E-state index is 9.19. The molecule has 0 aliphatic carbocycles. The summed E-state index contributed by atoms with van der Waals surface area (Å²) in [4.78, 5) is 4.76. The number of benzene rings is 1. The SMILES string of the molecule is C/C(=C(\C#N)C(N)=S)N1CCCN(c2ccccc2)CC1. The Morgan fingerprint density at radius 2 is 1.90 bits per heavy atom. The maximum Gasteiger partial charge on any atom is 0.116 e. The number of hydrogen-bond donors (Lipinski definition) is 1. The normalized spacial score (nSPS) is 16.8. The van der Waals surface area contributed by atoms with Gasteiger partial charge in [0.25, 0.3) is 0 Å². The summed E-state index contributed by atoms with van der Waals surface area (Å²) in [5.41, 5.74) is 8.19. The Balaban J connectivity index is 2.11. The molecule has 0 aromatic heterocycles. The van der Waals surface area contributed by atoms with E-state index in [0.717, 1.165) is 38.3 Å². The number of nitrogens with two attached hydrogens (primary N) is 1. The predicted octanol–water partition coefficient (Wildman–Crippen LogP) is 2.28. The average Bonchev–Trinajstić information content (AvgIpc) is 2.74. The summed E-state index contributed by atoms with van der Waals surface area (Å²) < 4.78 is 0. The number of nitrogens with zero attached hydrogens (tertiary/aromatic N) is 3. The summed E-state index contributed by atoms with van der Waals surface area (Å²) in [6.45, 7) is 5.66. The van der Waals surface area contributed by atoms with Crippen LogP contribution in [0.2, 0.25) is 0 Å². The van der Waals surface area contributed by atoms with Gasteiger partial charge >= 0.3 is 0 Å². The highest BCUT2D eigenvalue weighted by Crippen LogP contribution is 2.18. The van der Waals surface area contributed by atoms with Crippen LogP contribution in [0.15, 0.2) is 41.6 Å². The molecule has 1 aromatic carbocycles. The zero-order valence-corrected chi connectivity index (χ0v) is 13.1. The Morgan fingerprint density at radius 1 is 1.19 bits per heavy atom. The molecule has 110 valence electrons. The minimum atomic E-state index is 0.180. The molecule has 2 N–H and O–H groups in total. The van der Waals surface area contributed by atoms with Crippen molar-refractivity contribution in [1.82, 2.24) is 4.90 Å². The van der Waals surface area contributed by atoms with Gasteiger partial charge in [-0.15, -0.1) is 0 Å². The van der Waals surface area contributed by atoms with Gasteiger partial charge in [-0.1, -0.05) is 30.4 Å². The van der Waals surface area contributed by atoms with Crippen LogP contribution in [0, 0.1) is 11.3 Å². The molecule has 0 saturated carbocycles. The second-order valence-electron chi connectivity index (χ2n) is 5.10. The third-order valence-electron chi connectivity index (χ3n) is 3.81. The Morgan fingerprint density at radius 3 is 2.52 bits per heavy atom. The van der Waals surface area contributed by atoms with Crippen LogP contribution in [0.4, 0.5) is 5.69 Å². The lowest BCUT2D eigenvalue weighted by Gasteiger charge is -2.25. The highest BCUT2D eigenvalue weighted by atomic mass is 32.1. The third-order valence-corrected chi connectivity index (χ3v) is 4.02. The van der Waals surface area contributed by atoms with Crippen molar-refractivity contribution in [2.45, 2.75) is 13.3 Å². The van der Waals surface area contributed by atoms with E-state index in [2.05, 4.69) is 40.1 Å². The van der Waals surface area contributed by atoms with E-state index in [4.69, 9.17) is 18.0 Å². The van der Waals surface area contributed by atoms with Gasteiger partial charge in [0.2, 0.25) is 0 Å². The van der Waals surface area contributed by atoms with E-state index >= 15 is 0 Å². The molecule has 1 aliphatic heterocycles. The number of hydrogen-bond acceptors (Lipinski definition) is 4. The Bertz CT molecular complexity index is 574. The molecular weight excluding hydrogens is 280 g/mol. The first-order chi connectivity index (χ1) is 10.1. The van der Waals surface area contributed by atoms with Gasteiger partial charge in [-0.05, 0) is 25.5 Å². The smallest absolute Gasteiger partial charge is 0.116 e. The zero-order chi connectivity index (χ0) is 15.2. The molecule has 1 heterocycles. The van der Waals surface area contributed by atoms with Crippen LogP contribution in [0.3, 0.4) is 0 Å². The molecule has 0 amide bonds. The topological polar surface area (TPSA) is 56.3 Å². The molecule has 5 heteroatoms. The van der Waals surface area contributed by atoms with Crippen LogP contribution in [-0.2, 0) is 0 Å². The highest BCUT2D eigenvalue weighted by Gasteiger charge is 2.18. The largest absolute Gasteiger partial charge is 0.389 e. The van der Waals surface area contributed by atoms with Crippen molar-refractivity contribution in [2.75, 3.05) is 31.1 Å². The number of para-hydroxylation sites is 1. The van der Waals surface area contributed by atoms with Crippen molar-refractivity contribution in [3.63, 3.8) is 0 Å². The summed E-state index contributed by atoms with van der Waals surface area (Å²) in [6.07, 6.45) is 1.04. The summed E-state index contributed by atoms with van der Waals surface area (Å²) in [5, 5.41) is 9.19. The van der Waals surface area contributed by atoms with Gasteiger partial charge in [-0.3, -0.25) is 0 Å². The fourth-order valence-corrected chi connectivity index (χ4v) is 2.82. The minimum absolute atomic E-state index is 0.180. The van der Waals surface area contributed by atoms with Crippen molar-refractivity contribution < 1.29 is 0 Å². The van der Waals surface area contributed by atoms with Crippen molar-refractivity contribution in [2.24, 2.45) is 5.73 Å². The molecule has 0 bridgehead atoms. The summed E-state index contributed by atoms with van der Waals surface area (Å²) >= 11 is 4.96. The summed E-state index contributed by atoms with van der Waals surface area (Å²) in [6, 6.07) is 12.5. The van der Waals surface area contributed by atoms with E-state index < -0.39 is 0 Å². The van der Waals surface area contributed by atoms with E-state index in [-0.39, 0.29) is 4.99 Å². The van der Waals surface area contributed by atoms with E-state index in [9.17, 15) is 5.26 Å². The number of allylic oxidation sites excluding steroid dienone is 1. The highest BCUT2D eigenvalue weighted by molar-refractivity contribution is 7.80. The number of thiocarbonyl (C=S) groups is 1. The first kappa shape index (κ1) is 15.3. The maximum atomic E-state index is 9.19.